The van der Waals surface area contributed by atoms with E-state index in [1.165, 1.54) is 45.7 Å². The predicted octanol–water partition coefficient (Wildman–Crippen LogP) is 1.40. The van der Waals surface area contributed by atoms with E-state index in [9.17, 15) is 0 Å². The Morgan fingerprint density at radius 1 is 1.06 bits per heavy atom. The van der Waals surface area contributed by atoms with E-state index in [1.807, 2.05) is 0 Å². The van der Waals surface area contributed by atoms with Crippen LogP contribution in [0.1, 0.15) is 34.1 Å². The molecule has 2 fully saturated rings. The lowest BCUT2D eigenvalue weighted by Crippen LogP contribution is -2.58. The van der Waals surface area contributed by atoms with Crippen molar-refractivity contribution in [2.45, 2.75) is 45.7 Å². The maximum absolute atomic E-state index is 3.50. The minimum atomic E-state index is 0.339. The molecule has 2 atom stereocenters. The number of nitrogens with one attached hydrogen (secondary N) is 1. The van der Waals surface area contributed by atoms with Crippen LogP contribution in [0.25, 0.3) is 0 Å². The van der Waals surface area contributed by atoms with E-state index in [0.717, 1.165) is 12.0 Å². The number of rotatable bonds is 1. The van der Waals surface area contributed by atoms with E-state index < -0.39 is 0 Å². The van der Waals surface area contributed by atoms with Gasteiger partial charge in [-0.1, -0.05) is 6.92 Å². The van der Waals surface area contributed by atoms with Crippen molar-refractivity contribution in [3.05, 3.63) is 0 Å². The molecule has 0 saturated carbocycles. The van der Waals surface area contributed by atoms with Crippen LogP contribution < -0.4 is 5.32 Å². The summed E-state index contributed by atoms with van der Waals surface area (Å²) in [5.74, 6) is 0.810. The molecule has 2 aliphatic heterocycles. The van der Waals surface area contributed by atoms with Crippen molar-refractivity contribution in [3.8, 4) is 0 Å². The van der Waals surface area contributed by atoms with Gasteiger partial charge in [-0.25, -0.2) is 0 Å². The maximum atomic E-state index is 3.50. The van der Waals surface area contributed by atoms with Gasteiger partial charge in [-0.3, -0.25) is 9.80 Å². The summed E-state index contributed by atoms with van der Waals surface area (Å²) in [4.78, 5) is 5.35. The van der Waals surface area contributed by atoms with Gasteiger partial charge in [-0.05, 0) is 46.2 Å². The number of piperazine rings is 1. The summed E-state index contributed by atoms with van der Waals surface area (Å²) in [5.41, 5.74) is 0.339. The van der Waals surface area contributed by atoms with Gasteiger partial charge in [0, 0.05) is 37.8 Å². The van der Waals surface area contributed by atoms with Gasteiger partial charge in [-0.15, -0.1) is 0 Å². The van der Waals surface area contributed by atoms with Crippen molar-refractivity contribution in [3.63, 3.8) is 0 Å². The highest BCUT2D eigenvalue weighted by Gasteiger charge is 2.32. The summed E-state index contributed by atoms with van der Waals surface area (Å²) in [5, 5.41) is 3.50. The minimum Gasteiger partial charge on any atom is -0.316 e. The lowest BCUT2D eigenvalue weighted by molar-refractivity contribution is 0.0216. The maximum Gasteiger partial charge on any atom is 0.0146 e. The Morgan fingerprint density at radius 2 is 1.71 bits per heavy atom. The second-order valence-corrected chi connectivity index (χ2v) is 6.73. The predicted molar refractivity (Wildman–Crippen MR) is 73.3 cm³/mol. The molecule has 0 aliphatic carbocycles. The average molecular weight is 239 g/mol. The molecule has 0 aromatic rings. The first kappa shape index (κ1) is 13.3. The van der Waals surface area contributed by atoms with Crippen LogP contribution in [0.5, 0.6) is 0 Å². The molecule has 100 valence electrons. The topological polar surface area (TPSA) is 18.5 Å². The molecule has 0 aromatic carbocycles. The average Bonchev–Trinajstić information content (AvgIpc) is 2.29. The highest BCUT2D eigenvalue weighted by molar-refractivity contribution is 4.88. The van der Waals surface area contributed by atoms with Gasteiger partial charge in [-0.2, -0.15) is 0 Å². The Morgan fingerprint density at radius 3 is 2.24 bits per heavy atom. The van der Waals surface area contributed by atoms with E-state index in [1.54, 1.807) is 0 Å². The third-order valence-corrected chi connectivity index (χ3v) is 4.47. The molecule has 0 bridgehead atoms. The van der Waals surface area contributed by atoms with Gasteiger partial charge in [0.25, 0.3) is 0 Å². The van der Waals surface area contributed by atoms with Crippen LogP contribution in [0.3, 0.4) is 0 Å². The molecule has 0 spiro atoms. The standard InChI is InChI=1S/C14H29N3/c1-12-11-15-6-5-13(12)16-7-9-17(10-8-16)14(2,3)4/h12-13,15H,5-11H2,1-4H3. The fraction of sp³-hybridized carbons (Fsp3) is 1.00. The smallest absolute Gasteiger partial charge is 0.0146 e. The third-order valence-electron chi connectivity index (χ3n) is 4.47. The zero-order valence-electron chi connectivity index (χ0n) is 12.0. The largest absolute Gasteiger partial charge is 0.316 e. The van der Waals surface area contributed by atoms with Crippen LogP contribution in [-0.4, -0.2) is 60.6 Å². The number of hydrogen-bond acceptors (Lipinski definition) is 3. The Kier molecular flexibility index (Phi) is 4.11. The first-order valence-corrected chi connectivity index (χ1v) is 7.18. The summed E-state index contributed by atoms with van der Waals surface area (Å²) in [6, 6.07) is 0.818. The SMILES string of the molecule is CC1CNCCC1N1CCN(C(C)(C)C)CC1. The van der Waals surface area contributed by atoms with Crippen LogP contribution in [0.15, 0.2) is 0 Å². The second-order valence-electron chi connectivity index (χ2n) is 6.73. The van der Waals surface area contributed by atoms with Gasteiger partial charge >= 0.3 is 0 Å². The van der Waals surface area contributed by atoms with E-state index in [0.29, 0.717) is 5.54 Å². The van der Waals surface area contributed by atoms with Gasteiger partial charge in [0.1, 0.15) is 0 Å². The van der Waals surface area contributed by atoms with Crippen molar-refractivity contribution in [1.82, 2.24) is 15.1 Å². The molecule has 2 unspecified atom stereocenters. The lowest BCUT2D eigenvalue weighted by Gasteiger charge is -2.47. The van der Waals surface area contributed by atoms with E-state index in [2.05, 4.69) is 42.8 Å². The molecule has 0 amide bonds. The van der Waals surface area contributed by atoms with Crippen molar-refractivity contribution in [1.29, 1.82) is 0 Å². The molecule has 2 saturated heterocycles. The van der Waals surface area contributed by atoms with Crippen molar-refractivity contribution >= 4 is 0 Å². The normalized spacial score (nSPS) is 33.9. The van der Waals surface area contributed by atoms with Crippen molar-refractivity contribution in [2.75, 3.05) is 39.3 Å². The molecule has 0 aromatic heterocycles. The zero-order chi connectivity index (χ0) is 12.5. The zero-order valence-corrected chi connectivity index (χ0v) is 12.0. The molecular formula is C14H29N3. The highest BCUT2D eigenvalue weighted by atomic mass is 15.3. The number of hydrogen-bond donors (Lipinski definition) is 1. The Labute approximate surface area is 107 Å². The monoisotopic (exact) mass is 239 g/mol. The Balaban J connectivity index is 1.86. The summed E-state index contributed by atoms with van der Waals surface area (Å²) in [7, 11) is 0. The van der Waals surface area contributed by atoms with Gasteiger partial charge < -0.3 is 5.32 Å². The fourth-order valence-corrected chi connectivity index (χ4v) is 3.27. The molecule has 2 heterocycles. The fourth-order valence-electron chi connectivity index (χ4n) is 3.27. The summed E-state index contributed by atoms with van der Waals surface area (Å²) >= 11 is 0. The van der Waals surface area contributed by atoms with Gasteiger partial charge in [0.2, 0.25) is 0 Å². The first-order chi connectivity index (χ1) is 7.98. The summed E-state index contributed by atoms with van der Waals surface area (Å²) in [6.45, 7) is 16.8. The van der Waals surface area contributed by atoms with Crippen LogP contribution in [-0.2, 0) is 0 Å². The molecule has 2 rings (SSSR count). The van der Waals surface area contributed by atoms with Gasteiger partial charge in [0.15, 0.2) is 0 Å². The van der Waals surface area contributed by atoms with E-state index in [-0.39, 0.29) is 0 Å². The van der Waals surface area contributed by atoms with Gasteiger partial charge in [0.05, 0.1) is 0 Å². The summed E-state index contributed by atoms with van der Waals surface area (Å²) < 4.78 is 0. The second kappa shape index (κ2) is 5.25. The van der Waals surface area contributed by atoms with Crippen molar-refractivity contribution < 1.29 is 0 Å². The molecular weight excluding hydrogens is 210 g/mol. The van der Waals surface area contributed by atoms with Crippen LogP contribution in [0, 0.1) is 5.92 Å². The Hall–Kier alpha value is -0.120. The summed E-state index contributed by atoms with van der Waals surface area (Å²) in [6.07, 6.45) is 1.33. The molecule has 3 nitrogen and oxygen atoms in total. The Bertz CT molecular complexity index is 238. The molecule has 2 aliphatic rings. The molecule has 1 N–H and O–H groups in total. The highest BCUT2D eigenvalue weighted by Crippen LogP contribution is 2.22. The van der Waals surface area contributed by atoms with Crippen LogP contribution >= 0.6 is 0 Å². The van der Waals surface area contributed by atoms with Crippen molar-refractivity contribution in [2.24, 2.45) is 5.92 Å². The third kappa shape index (κ3) is 3.21. The lowest BCUT2D eigenvalue weighted by atomic mass is 9.93. The first-order valence-electron chi connectivity index (χ1n) is 7.18. The van der Waals surface area contributed by atoms with E-state index >= 15 is 0 Å². The number of nitrogens with zero attached hydrogens (tertiary/aromatic N) is 2. The molecule has 3 heteroatoms. The molecule has 17 heavy (non-hydrogen) atoms. The number of piperidine rings is 1. The van der Waals surface area contributed by atoms with Crippen LogP contribution in [0.2, 0.25) is 0 Å². The minimum absolute atomic E-state index is 0.339. The quantitative estimate of drug-likeness (QED) is 0.746. The van der Waals surface area contributed by atoms with Crippen LogP contribution in [0.4, 0.5) is 0 Å². The molecule has 0 radical (unpaired) electrons. The van der Waals surface area contributed by atoms with E-state index in [4.69, 9.17) is 0 Å².